The number of amides is 1. The molecule has 0 bridgehead atoms. The van der Waals surface area contributed by atoms with E-state index < -0.39 is 0 Å². The minimum absolute atomic E-state index is 0.0302. The molecule has 0 aromatic heterocycles. The van der Waals surface area contributed by atoms with E-state index in [1.165, 1.54) is 0 Å². The maximum absolute atomic E-state index is 13.0. The predicted molar refractivity (Wildman–Crippen MR) is 93.8 cm³/mol. The maximum atomic E-state index is 13.0. The average molecular weight is 346 g/mol. The first-order valence-corrected chi connectivity index (χ1v) is 9.30. The SMILES string of the molecule is O=C(c1ccc(N2CCOCC2)cc1)N1CCCCC1C1OCCO1. The number of rotatable bonds is 3. The number of carbonyl (C=O) groups excluding carboxylic acids is 1. The zero-order valence-corrected chi connectivity index (χ0v) is 14.6. The Morgan fingerprint density at radius 2 is 1.64 bits per heavy atom. The van der Waals surface area contributed by atoms with Gasteiger partial charge in [-0.15, -0.1) is 0 Å². The van der Waals surface area contributed by atoms with Gasteiger partial charge >= 0.3 is 0 Å². The Morgan fingerprint density at radius 3 is 2.36 bits per heavy atom. The molecular weight excluding hydrogens is 320 g/mol. The Kier molecular flexibility index (Phi) is 5.20. The zero-order chi connectivity index (χ0) is 17.1. The molecule has 0 aliphatic carbocycles. The van der Waals surface area contributed by atoms with E-state index >= 15 is 0 Å². The number of hydrogen-bond acceptors (Lipinski definition) is 5. The van der Waals surface area contributed by atoms with Gasteiger partial charge in [0.2, 0.25) is 0 Å². The average Bonchev–Trinajstić information content (AvgIpc) is 3.23. The van der Waals surface area contributed by atoms with Gasteiger partial charge < -0.3 is 24.0 Å². The summed E-state index contributed by atoms with van der Waals surface area (Å²) >= 11 is 0. The van der Waals surface area contributed by atoms with Crippen LogP contribution in [0.4, 0.5) is 5.69 Å². The van der Waals surface area contributed by atoms with Crippen molar-refractivity contribution >= 4 is 11.6 Å². The summed E-state index contributed by atoms with van der Waals surface area (Å²) in [7, 11) is 0. The molecular formula is C19H26N2O4. The van der Waals surface area contributed by atoms with Crippen molar-refractivity contribution in [1.29, 1.82) is 0 Å². The van der Waals surface area contributed by atoms with Crippen molar-refractivity contribution in [2.24, 2.45) is 0 Å². The summed E-state index contributed by atoms with van der Waals surface area (Å²) < 4.78 is 16.7. The zero-order valence-electron chi connectivity index (χ0n) is 14.6. The van der Waals surface area contributed by atoms with Crippen LogP contribution in [0.1, 0.15) is 29.6 Å². The van der Waals surface area contributed by atoms with Gasteiger partial charge in [-0.3, -0.25) is 4.79 Å². The van der Waals surface area contributed by atoms with Crippen LogP contribution in [-0.4, -0.2) is 69.2 Å². The highest BCUT2D eigenvalue weighted by Crippen LogP contribution is 2.26. The van der Waals surface area contributed by atoms with Gasteiger partial charge in [-0.2, -0.15) is 0 Å². The molecule has 1 aromatic carbocycles. The fourth-order valence-corrected chi connectivity index (χ4v) is 3.89. The number of ether oxygens (including phenoxy) is 3. The fraction of sp³-hybridized carbons (Fsp3) is 0.632. The topological polar surface area (TPSA) is 51.2 Å². The van der Waals surface area contributed by atoms with Crippen molar-refractivity contribution in [3.8, 4) is 0 Å². The predicted octanol–water partition coefficient (Wildman–Crippen LogP) is 1.89. The first-order valence-electron chi connectivity index (χ1n) is 9.30. The van der Waals surface area contributed by atoms with E-state index in [1.54, 1.807) is 0 Å². The molecule has 3 aliphatic heterocycles. The summed E-state index contributed by atoms with van der Waals surface area (Å²) in [5.74, 6) is 0.0809. The summed E-state index contributed by atoms with van der Waals surface area (Å²) in [5, 5.41) is 0. The van der Waals surface area contributed by atoms with Gasteiger partial charge in [0.1, 0.15) is 0 Å². The van der Waals surface area contributed by atoms with E-state index in [0.29, 0.717) is 13.2 Å². The number of piperidine rings is 1. The molecule has 25 heavy (non-hydrogen) atoms. The highest BCUT2D eigenvalue weighted by molar-refractivity contribution is 5.94. The molecule has 0 N–H and O–H groups in total. The number of likely N-dealkylation sites (tertiary alicyclic amines) is 1. The summed E-state index contributed by atoms with van der Waals surface area (Å²) in [6.07, 6.45) is 2.84. The Morgan fingerprint density at radius 1 is 0.920 bits per heavy atom. The van der Waals surface area contributed by atoms with E-state index in [0.717, 1.165) is 63.4 Å². The van der Waals surface area contributed by atoms with Crippen LogP contribution in [0, 0.1) is 0 Å². The van der Waals surface area contributed by atoms with E-state index in [9.17, 15) is 4.79 Å². The molecule has 0 spiro atoms. The molecule has 0 saturated carbocycles. The third-order valence-electron chi connectivity index (χ3n) is 5.26. The van der Waals surface area contributed by atoms with Crippen LogP contribution in [0.3, 0.4) is 0 Å². The summed E-state index contributed by atoms with van der Waals surface area (Å²) in [6.45, 7) is 5.34. The van der Waals surface area contributed by atoms with E-state index in [4.69, 9.17) is 14.2 Å². The molecule has 136 valence electrons. The molecule has 3 fully saturated rings. The van der Waals surface area contributed by atoms with Crippen LogP contribution in [0.2, 0.25) is 0 Å². The Labute approximate surface area is 148 Å². The molecule has 6 nitrogen and oxygen atoms in total. The Hall–Kier alpha value is -1.63. The monoisotopic (exact) mass is 346 g/mol. The van der Waals surface area contributed by atoms with Gasteiger partial charge in [0.15, 0.2) is 6.29 Å². The number of anilines is 1. The molecule has 1 unspecified atom stereocenters. The van der Waals surface area contributed by atoms with Crippen molar-refractivity contribution < 1.29 is 19.0 Å². The van der Waals surface area contributed by atoms with Gasteiger partial charge in [-0.25, -0.2) is 0 Å². The molecule has 0 radical (unpaired) electrons. The molecule has 3 aliphatic rings. The van der Waals surface area contributed by atoms with Gasteiger partial charge in [0.25, 0.3) is 5.91 Å². The first kappa shape index (κ1) is 16.8. The summed E-state index contributed by atoms with van der Waals surface area (Å²) in [5.41, 5.74) is 1.89. The quantitative estimate of drug-likeness (QED) is 0.837. The van der Waals surface area contributed by atoms with E-state index in [2.05, 4.69) is 4.90 Å². The van der Waals surface area contributed by atoms with Gasteiger partial charge in [0.05, 0.1) is 32.5 Å². The third-order valence-corrected chi connectivity index (χ3v) is 5.26. The second-order valence-electron chi connectivity index (χ2n) is 6.82. The van der Waals surface area contributed by atoms with Crippen LogP contribution >= 0.6 is 0 Å². The van der Waals surface area contributed by atoms with E-state index in [1.807, 2.05) is 29.2 Å². The van der Waals surface area contributed by atoms with E-state index in [-0.39, 0.29) is 18.2 Å². The second-order valence-corrected chi connectivity index (χ2v) is 6.82. The standard InChI is InChI=1S/C19H26N2O4/c22-18(21-8-2-1-3-17(21)19-24-13-14-25-19)15-4-6-16(7-5-15)20-9-11-23-12-10-20/h4-7,17,19H,1-3,8-14H2. The lowest BCUT2D eigenvalue weighted by molar-refractivity contribution is -0.100. The lowest BCUT2D eigenvalue weighted by Crippen LogP contribution is -2.50. The number of hydrogen-bond donors (Lipinski definition) is 0. The highest BCUT2D eigenvalue weighted by Gasteiger charge is 2.36. The lowest BCUT2D eigenvalue weighted by Gasteiger charge is -2.38. The third kappa shape index (κ3) is 3.66. The molecule has 1 amide bonds. The van der Waals surface area contributed by atoms with Crippen LogP contribution in [0.25, 0.3) is 0 Å². The van der Waals surface area contributed by atoms with Crippen molar-refractivity contribution in [2.75, 3.05) is 51.0 Å². The molecule has 1 aromatic rings. The van der Waals surface area contributed by atoms with Crippen LogP contribution < -0.4 is 4.90 Å². The first-order chi connectivity index (χ1) is 12.3. The summed E-state index contributed by atoms with van der Waals surface area (Å²) in [4.78, 5) is 17.3. The molecule has 3 heterocycles. The number of carbonyl (C=O) groups is 1. The largest absolute Gasteiger partial charge is 0.378 e. The molecule has 3 saturated heterocycles. The highest BCUT2D eigenvalue weighted by atomic mass is 16.7. The van der Waals surface area contributed by atoms with Crippen molar-refractivity contribution in [3.63, 3.8) is 0 Å². The van der Waals surface area contributed by atoms with Gasteiger partial charge in [-0.05, 0) is 43.5 Å². The molecule has 6 heteroatoms. The Bertz CT molecular complexity index is 580. The minimum Gasteiger partial charge on any atom is -0.378 e. The molecule has 1 atom stereocenters. The van der Waals surface area contributed by atoms with Crippen LogP contribution in [0.15, 0.2) is 24.3 Å². The minimum atomic E-state index is -0.267. The smallest absolute Gasteiger partial charge is 0.254 e. The Balaban J connectivity index is 1.46. The van der Waals surface area contributed by atoms with Gasteiger partial charge in [-0.1, -0.05) is 0 Å². The normalized spacial score (nSPS) is 25.4. The number of benzene rings is 1. The summed E-state index contributed by atoms with van der Waals surface area (Å²) in [6, 6.07) is 7.99. The molecule has 4 rings (SSSR count). The van der Waals surface area contributed by atoms with Crippen LogP contribution in [0.5, 0.6) is 0 Å². The van der Waals surface area contributed by atoms with Crippen molar-refractivity contribution in [2.45, 2.75) is 31.6 Å². The van der Waals surface area contributed by atoms with Crippen LogP contribution in [-0.2, 0) is 14.2 Å². The fourth-order valence-electron chi connectivity index (χ4n) is 3.89. The number of morpholine rings is 1. The van der Waals surface area contributed by atoms with Gasteiger partial charge in [0, 0.05) is 30.9 Å². The second kappa shape index (κ2) is 7.72. The number of nitrogens with zero attached hydrogens (tertiary/aromatic N) is 2. The lowest BCUT2D eigenvalue weighted by atomic mass is 10.00. The maximum Gasteiger partial charge on any atom is 0.254 e. The van der Waals surface area contributed by atoms with Crippen molar-refractivity contribution in [1.82, 2.24) is 4.90 Å². The van der Waals surface area contributed by atoms with Crippen molar-refractivity contribution in [3.05, 3.63) is 29.8 Å².